The number of hydrogen-bond acceptors (Lipinski definition) is 9. The zero-order valence-electron chi connectivity index (χ0n) is 11.2. The zero-order chi connectivity index (χ0) is 15.7. The third kappa shape index (κ3) is 7.72. The number of nitro groups is 1. The highest BCUT2D eigenvalue weighted by atomic mass is 32.2. The predicted molar refractivity (Wildman–Crippen MR) is 88.1 cm³/mol. The predicted octanol–water partition coefficient (Wildman–Crippen LogP) is 0.704. The van der Waals surface area contributed by atoms with Crippen LogP contribution >= 0.6 is 35.1 Å². The van der Waals surface area contributed by atoms with Gasteiger partial charge in [0.25, 0.3) is 6.20 Å². The second kappa shape index (κ2) is 9.41. The van der Waals surface area contributed by atoms with Crippen LogP contribution in [0.1, 0.15) is 5.82 Å². The average molecular weight is 349 g/mol. The van der Waals surface area contributed by atoms with Gasteiger partial charge in [0.05, 0.1) is 10.7 Å². The lowest BCUT2D eigenvalue weighted by atomic mass is 10.7. The second-order valence-electron chi connectivity index (χ2n) is 3.49. The lowest BCUT2D eigenvalue weighted by Crippen LogP contribution is -2.21. The third-order valence-corrected chi connectivity index (χ3v) is 4.19. The molecule has 12 heteroatoms. The number of rotatable bonds is 9. The van der Waals surface area contributed by atoms with Crippen LogP contribution < -0.4 is 16.8 Å². The van der Waals surface area contributed by atoms with Crippen LogP contribution in [0.3, 0.4) is 0 Å². The van der Waals surface area contributed by atoms with Crippen molar-refractivity contribution in [3.63, 3.8) is 0 Å². The Balaban J connectivity index is 2.27. The number of aliphatic imine (C=N–C) groups is 1. The van der Waals surface area contributed by atoms with Crippen LogP contribution in [0.5, 0.6) is 0 Å². The van der Waals surface area contributed by atoms with E-state index < -0.39 is 4.92 Å². The lowest BCUT2D eigenvalue weighted by Gasteiger charge is -2.04. The van der Waals surface area contributed by atoms with Crippen molar-refractivity contribution in [2.45, 2.75) is 5.75 Å². The molecule has 1 heterocycles. The number of aromatic nitrogens is 2. The van der Waals surface area contributed by atoms with E-state index in [1.165, 1.54) is 11.8 Å². The maximum absolute atomic E-state index is 10.3. The summed E-state index contributed by atoms with van der Waals surface area (Å²) < 4.78 is 4.12. The molecule has 0 bridgehead atoms. The van der Waals surface area contributed by atoms with Gasteiger partial charge in [-0.1, -0.05) is 0 Å². The summed E-state index contributed by atoms with van der Waals surface area (Å²) in [6.45, 7) is 0.621. The van der Waals surface area contributed by atoms with E-state index in [0.717, 1.165) is 23.5 Å². The molecule has 1 aromatic rings. The number of hydrogen-bond donors (Lipinski definition) is 3. The van der Waals surface area contributed by atoms with Crippen molar-refractivity contribution in [3.8, 4) is 0 Å². The Hall–Kier alpha value is -1.53. The highest BCUT2D eigenvalue weighted by Crippen LogP contribution is 2.18. The minimum atomic E-state index is -0.476. The zero-order valence-corrected chi connectivity index (χ0v) is 13.6. The largest absolute Gasteiger partial charge is 0.374 e. The van der Waals surface area contributed by atoms with Gasteiger partial charge in [-0.2, -0.15) is 21.1 Å². The van der Waals surface area contributed by atoms with Gasteiger partial charge in [0.2, 0.25) is 5.13 Å². The fraction of sp³-hybridized carbons (Fsp3) is 0.444. The molecule has 0 atom stereocenters. The first-order chi connectivity index (χ1) is 10.0. The molecule has 0 unspecified atom stereocenters. The topological polar surface area (TPSA) is 145 Å². The summed E-state index contributed by atoms with van der Waals surface area (Å²) in [4.78, 5) is 17.8. The average Bonchev–Trinajstić information content (AvgIpc) is 2.83. The second-order valence-corrected chi connectivity index (χ2v) is 6.18. The van der Waals surface area contributed by atoms with Crippen molar-refractivity contribution in [1.29, 1.82) is 0 Å². The SMILES string of the molecule is CS/C(=C\[N+](=O)[O-])NCCSCc1nsc(N=C(N)N)n1. The Morgan fingerprint density at radius 3 is 3.00 bits per heavy atom. The van der Waals surface area contributed by atoms with E-state index in [0.29, 0.717) is 28.3 Å². The monoisotopic (exact) mass is 349 g/mol. The van der Waals surface area contributed by atoms with E-state index in [-0.39, 0.29) is 5.96 Å². The molecule has 1 aromatic heterocycles. The molecule has 0 aliphatic rings. The molecule has 0 aliphatic carbocycles. The number of thioether (sulfide) groups is 2. The molecule has 21 heavy (non-hydrogen) atoms. The first-order valence-electron chi connectivity index (χ1n) is 5.64. The molecule has 0 amide bonds. The van der Waals surface area contributed by atoms with Crippen LogP contribution in [0.2, 0.25) is 0 Å². The van der Waals surface area contributed by atoms with Crippen LogP contribution in [0.15, 0.2) is 16.2 Å². The van der Waals surface area contributed by atoms with Gasteiger partial charge in [0, 0.05) is 23.8 Å². The molecule has 9 nitrogen and oxygen atoms in total. The van der Waals surface area contributed by atoms with E-state index in [9.17, 15) is 10.1 Å². The summed E-state index contributed by atoms with van der Waals surface area (Å²) in [6, 6.07) is 0. The van der Waals surface area contributed by atoms with Gasteiger partial charge in [-0.05, 0) is 6.26 Å². The van der Waals surface area contributed by atoms with E-state index in [2.05, 4.69) is 19.7 Å². The summed E-state index contributed by atoms with van der Waals surface area (Å²) in [5.74, 6) is 2.02. The maximum atomic E-state index is 10.3. The van der Waals surface area contributed by atoms with Gasteiger partial charge >= 0.3 is 0 Å². The molecule has 0 radical (unpaired) electrons. The highest BCUT2D eigenvalue weighted by molar-refractivity contribution is 8.02. The minimum absolute atomic E-state index is 0.0447. The van der Waals surface area contributed by atoms with Crippen LogP contribution in [0.25, 0.3) is 0 Å². The number of nitrogens with two attached hydrogens (primary N) is 2. The highest BCUT2D eigenvalue weighted by Gasteiger charge is 2.04. The molecular weight excluding hydrogens is 334 g/mol. The summed E-state index contributed by atoms with van der Waals surface area (Å²) in [6.07, 6.45) is 2.73. The van der Waals surface area contributed by atoms with Gasteiger partial charge in [-0.15, -0.1) is 11.8 Å². The van der Waals surface area contributed by atoms with Crippen LogP contribution in [0.4, 0.5) is 5.13 Å². The van der Waals surface area contributed by atoms with E-state index >= 15 is 0 Å². The van der Waals surface area contributed by atoms with Crippen molar-refractivity contribution in [3.05, 3.63) is 27.2 Å². The Bertz CT molecular complexity index is 527. The van der Waals surface area contributed by atoms with E-state index in [1.54, 1.807) is 18.0 Å². The number of nitrogens with one attached hydrogen (secondary N) is 1. The molecule has 1 rings (SSSR count). The fourth-order valence-corrected chi connectivity index (χ4v) is 2.94. The standard InChI is InChI=1S/C9H15N7O2S3/c1-19-7(4-16(17)18)12-2-3-20-5-6-13-9(21-15-6)14-8(10)11/h4,12H,2-3,5H2,1H3,(H4,10,11,13,14,15)/b7-4-. The fourth-order valence-electron chi connectivity index (χ4n) is 1.14. The first kappa shape index (κ1) is 17.5. The Kier molecular flexibility index (Phi) is 7.85. The van der Waals surface area contributed by atoms with Gasteiger partial charge in [-0.25, -0.2) is 4.98 Å². The molecule has 0 saturated heterocycles. The third-order valence-electron chi connectivity index (χ3n) is 1.90. The van der Waals surface area contributed by atoms with Gasteiger partial charge in [0.1, 0.15) is 5.03 Å². The normalized spacial score (nSPS) is 11.2. The molecule has 0 aliphatic heterocycles. The first-order valence-corrected chi connectivity index (χ1v) is 8.79. The molecule has 0 fully saturated rings. The summed E-state index contributed by atoms with van der Waals surface area (Å²) in [5, 5.41) is 14.3. The Labute approximate surface area is 134 Å². The summed E-state index contributed by atoms with van der Waals surface area (Å²) in [7, 11) is 0. The summed E-state index contributed by atoms with van der Waals surface area (Å²) in [5.41, 5.74) is 10.5. The van der Waals surface area contributed by atoms with Crippen LogP contribution in [0, 0.1) is 10.1 Å². The number of nitrogens with zero attached hydrogens (tertiary/aromatic N) is 4. The van der Waals surface area contributed by atoms with Crippen molar-refractivity contribution in [2.75, 3.05) is 18.6 Å². The van der Waals surface area contributed by atoms with Gasteiger partial charge < -0.3 is 16.8 Å². The minimum Gasteiger partial charge on any atom is -0.374 e. The molecular formula is C9H15N7O2S3. The van der Waals surface area contributed by atoms with Crippen molar-refractivity contribution >= 4 is 46.1 Å². The Morgan fingerprint density at radius 2 is 2.38 bits per heavy atom. The molecule has 0 saturated carbocycles. The van der Waals surface area contributed by atoms with E-state index in [4.69, 9.17) is 11.5 Å². The smallest absolute Gasteiger partial charge is 0.263 e. The van der Waals surface area contributed by atoms with Gasteiger partial charge in [-0.3, -0.25) is 10.1 Å². The quantitative estimate of drug-likeness (QED) is 0.193. The molecule has 116 valence electrons. The van der Waals surface area contributed by atoms with Crippen LogP contribution in [-0.2, 0) is 5.75 Å². The summed E-state index contributed by atoms with van der Waals surface area (Å²) >= 11 is 4.04. The lowest BCUT2D eigenvalue weighted by molar-refractivity contribution is -0.403. The Morgan fingerprint density at radius 1 is 1.62 bits per heavy atom. The van der Waals surface area contributed by atoms with E-state index in [1.807, 2.05) is 0 Å². The molecule has 5 N–H and O–H groups in total. The van der Waals surface area contributed by atoms with Crippen molar-refractivity contribution in [1.82, 2.24) is 14.7 Å². The van der Waals surface area contributed by atoms with Crippen molar-refractivity contribution in [2.24, 2.45) is 16.5 Å². The van der Waals surface area contributed by atoms with Crippen molar-refractivity contribution < 1.29 is 4.92 Å². The molecule has 0 aromatic carbocycles. The van der Waals surface area contributed by atoms with Crippen LogP contribution in [-0.4, -0.2) is 38.8 Å². The maximum Gasteiger partial charge on any atom is 0.263 e. The molecule has 0 spiro atoms. The number of guanidine groups is 1. The van der Waals surface area contributed by atoms with Gasteiger partial charge in [0.15, 0.2) is 11.8 Å².